The maximum absolute atomic E-state index is 11.0. The van der Waals surface area contributed by atoms with Gasteiger partial charge in [-0.25, -0.2) is 4.79 Å². The van der Waals surface area contributed by atoms with E-state index in [9.17, 15) is 4.79 Å². The first-order valence-corrected chi connectivity index (χ1v) is 5.83. The Kier molecular flexibility index (Phi) is 3.23. The van der Waals surface area contributed by atoms with Crippen LogP contribution in [0.25, 0.3) is 10.1 Å². The molecule has 2 nitrogen and oxygen atoms in total. The van der Waals surface area contributed by atoms with E-state index in [0.29, 0.717) is 6.61 Å². The van der Waals surface area contributed by atoms with Crippen molar-refractivity contribution in [3.63, 3.8) is 0 Å². The van der Waals surface area contributed by atoms with Crippen LogP contribution in [0.4, 0.5) is 0 Å². The summed E-state index contributed by atoms with van der Waals surface area (Å²) in [6.07, 6.45) is 0. The van der Waals surface area contributed by atoms with Crippen LogP contribution in [0.2, 0.25) is 0 Å². The lowest BCUT2D eigenvalue weighted by molar-refractivity contribution is -0.136. The Morgan fingerprint density at radius 2 is 2.31 bits per heavy atom. The number of benzene rings is 1. The van der Waals surface area contributed by atoms with E-state index in [0.717, 1.165) is 10.9 Å². The number of ether oxygens (including phenoxy) is 1. The van der Waals surface area contributed by atoms with E-state index < -0.39 is 5.97 Å². The summed E-state index contributed by atoms with van der Waals surface area (Å²) in [5.41, 5.74) is 0.832. The average molecular weight is 230 g/mol. The monoisotopic (exact) mass is 230 g/mol. The lowest BCUT2D eigenvalue weighted by Gasteiger charge is -1.92. The van der Waals surface area contributed by atoms with Gasteiger partial charge in [0.2, 0.25) is 0 Å². The molecule has 0 atom stereocenters. The molecular weight excluding hydrogens is 220 g/mol. The Labute approximate surface area is 97.9 Å². The Morgan fingerprint density at radius 1 is 1.44 bits per heavy atom. The lowest BCUT2D eigenvalue weighted by Crippen LogP contribution is -1.99. The molecule has 0 aliphatic rings. The number of carbonyl (C=O) groups excluding carboxylic acids is 1. The van der Waals surface area contributed by atoms with Gasteiger partial charge in [-0.2, -0.15) is 0 Å². The highest BCUT2D eigenvalue weighted by atomic mass is 32.1. The lowest BCUT2D eigenvalue weighted by atomic mass is 10.2. The zero-order valence-corrected chi connectivity index (χ0v) is 9.64. The van der Waals surface area contributed by atoms with Crippen molar-refractivity contribution in [3.8, 4) is 11.8 Å². The molecule has 0 aliphatic heterocycles. The zero-order chi connectivity index (χ0) is 11.4. The van der Waals surface area contributed by atoms with Gasteiger partial charge >= 0.3 is 5.97 Å². The van der Waals surface area contributed by atoms with Crippen LogP contribution in [0.15, 0.2) is 29.6 Å². The molecule has 0 unspecified atom stereocenters. The molecule has 0 saturated carbocycles. The highest BCUT2D eigenvalue weighted by Gasteiger charge is 1.96. The summed E-state index contributed by atoms with van der Waals surface area (Å²) in [5.74, 6) is 4.76. The molecule has 1 aromatic heterocycles. The maximum Gasteiger partial charge on any atom is 0.384 e. The third-order valence-electron chi connectivity index (χ3n) is 2.04. The summed E-state index contributed by atoms with van der Waals surface area (Å²) >= 11 is 1.69. The van der Waals surface area contributed by atoms with Crippen molar-refractivity contribution < 1.29 is 9.53 Å². The number of hydrogen-bond donors (Lipinski definition) is 0. The number of thiophene rings is 1. The van der Waals surface area contributed by atoms with Crippen LogP contribution < -0.4 is 0 Å². The van der Waals surface area contributed by atoms with Crippen LogP contribution in [0.3, 0.4) is 0 Å². The maximum atomic E-state index is 11.0. The van der Waals surface area contributed by atoms with Crippen LogP contribution in [0, 0.1) is 11.8 Å². The van der Waals surface area contributed by atoms with Crippen molar-refractivity contribution >= 4 is 27.4 Å². The Balaban J connectivity index is 2.23. The largest absolute Gasteiger partial charge is 0.456 e. The van der Waals surface area contributed by atoms with Crippen molar-refractivity contribution in [3.05, 3.63) is 35.2 Å². The number of fused-ring (bicyclic) bond motifs is 1. The van der Waals surface area contributed by atoms with E-state index in [1.54, 1.807) is 18.3 Å². The molecule has 2 rings (SSSR count). The fourth-order valence-corrected chi connectivity index (χ4v) is 2.11. The molecule has 0 fully saturated rings. The van der Waals surface area contributed by atoms with Crippen molar-refractivity contribution in [1.82, 2.24) is 0 Å². The topological polar surface area (TPSA) is 26.3 Å². The van der Waals surface area contributed by atoms with Gasteiger partial charge in [0.25, 0.3) is 0 Å². The molecule has 3 heteroatoms. The quantitative estimate of drug-likeness (QED) is 0.556. The van der Waals surface area contributed by atoms with Crippen molar-refractivity contribution in [2.45, 2.75) is 6.92 Å². The predicted molar refractivity (Wildman–Crippen MR) is 65.3 cm³/mol. The first-order chi connectivity index (χ1) is 7.79. The SMILES string of the molecule is CCOC(=O)C#Cc1ccc2sccc2c1. The zero-order valence-electron chi connectivity index (χ0n) is 8.82. The Bertz CT molecular complexity index is 572. The summed E-state index contributed by atoms with van der Waals surface area (Å²) in [6, 6.07) is 7.92. The molecule has 2 aromatic rings. The molecule has 1 aromatic carbocycles. The predicted octanol–water partition coefficient (Wildman–Crippen LogP) is 2.82. The summed E-state index contributed by atoms with van der Waals surface area (Å²) in [5, 5.41) is 3.19. The van der Waals surface area contributed by atoms with E-state index in [2.05, 4.69) is 11.8 Å². The molecule has 16 heavy (non-hydrogen) atoms. The third kappa shape index (κ3) is 2.41. The molecular formula is C13H10O2S. The number of rotatable bonds is 1. The van der Waals surface area contributed by atoms with Gasteiger partial charge in [0.15, 0.2) is 0 Å². The summed E-state index contributed by atoms with van der Waals surface area (Å²) in [6.45, 7) is 2.12. The van der Waals surface area contributed by atoms with E-state index in [4.69, 9.17) is 4.74 Å². The number of hydrogen-bond acceptors (Lipinski definition) is 3. The minimum Gasteiger partial charge on any atom is -0.456 e. The minimum atomic E-state index is -0.479. The standard InChI is InChI=1S/C13H10O2S/c1-2-15-13(14)6-4-10-3-5-12-11(9-10)7-8-16-12/h3,5,7-9H,2H2,1H3. The molecule has 0 saturated heterocycles. The molecule has 1 heterocycles. The molecule has 0 N–H and O–H groups in total. The molecule has 0 aliphatic carbocycles. The van der Waals surface area contributed by atoms with Crippen LogP contribution in [-0.2, 0) is 9.53 Å². The van der Waals surface area contributed by atoms with E-state index in [-0.39, 0.29) is 0 Å². The minimum absolute atomic E-state index is 0.358. The first kappa shape index (κ1) is 10.7. The van der Waals surface area contributed by atoms with Crippen LogP contribution >= 0.6 is 11.3 Å². The fraction of sp³-hybridized carbons (Fsp3) is 0.154. The summed E-state index contributed by atoms with van der Waals surface area (Å²) < 4.78 is 5.95. The van der Waals surface area contributed by atoms with Crippen LogP contribution in [0.5, 0.6) is 0 Å². The van der Waals surface area contributed by atoms with Crippen molar-refractivity contribution in [1.29, 1.82) is 0 Å². The first-order valence-electron chi connectivity index (χ1n) is 4.95. The Hall–Kier alpha value is -1.79. The normalized spacial score (nSPS) is 9.56. The Morgan fingerprint density at radius 3 is 3.12 bits per heavy atom. The van der Waals surface area contributed by atoms with Gasteiger partial charge < -0.3 is 4.74 Å². The van der Waals surface area contributed by atoms with Crippen LogP contribution in [-0.4, -0.2) is 12.6 Å². The van der Waals surface area contributed by atoms with Crippen LogP contribution in [0.1, 0.15) is 12.5 Å². The molecule has 0 bridgehead atoms. The van der Waals surface area contributed by atoms with Crippen molar-refractivity contribution in [2.75, 3.05) is 6.61 Å². The highest BCUT2D eigenvalue weighted by molar-refractivity contribution is 7.17. The van der Waals surface area contributed by atoms with Gasteiger partial charge in [-0.3, -0.25) is 0 Å². The van der Waals surface area contributed by atoms with Gasteiger partial charge in [-0.1, -0.05) is 5.92 Å². The van der Waals surface area contributed by atoms with E-state index in [1.807, 2.05) is 29.6 Å². The number of carbonyl (C=O) groups is 1. The summed E-state index contributed by atoms with van der Waals surface area (Å²) in [4.78, 5) is 11.0. The average Bonchev–Trinajstić information content (AvgIpc) is 2.74. The highest BCUT2D eigenvalue weighted by Crippen LogP contribution is 2.21. The second-order valence-corrected chi connectivity index (χ2v) is 4.09. The molecule has 0 radical (unpaired) electrons. The second kappa shape index (κ2) is 4.82. The third-order valence-corrected chi connectivity index (χ3v) is 2.93. The van der Waals surface area contributed by atoms with Gasteiger partial charge in [0.1, 0.15) is 0 Å². The smallest absolute Gasteiger partial charge is 0.384 e. The van der Waals surface area contributed by atoms with Gasteiger partial charge in [0, 0.05) is 16.2 Å². The fourth-order valence-electron chi connectivity index (χ4n) is 1.33. The van der Waals surface area contributed by atoms with Gasteiger partial charge in [-0.05, 0) is 42.0 Å². The van der Waals surface area contributed by atoms with Crippen molar-refractivity contribution in [2.24, 2.45) is 0 Å². The molecule has 0 spiro atoms. The molecule has 80 valence electrons. The number of esters is 1. The van der Waals surface area contributed by atoms with Gasteiger partial charge in [-0.15, -0.1) is 11.3 Å². The molecule has 0 amide bonds. The van der Waals surface area contributed by atoms with E-state index >= 15 is 0 Å². The van der Waals surface area contributed by atoms with E-state index in [1.165, 1.54) is 4.70 Å². The van der Waals surface area contributed by atoms with Gasteiger partial charge in [0.05, 0.1) is 6.61 Å². The second-order valence-electron chi connectivity index (χ2n) is 3.14. The summed E-state index contributed by atoms with van der Waals surface area (Å²) in [7, 11) is 0.